The van der Waals surface area contributed by atoms with E-state index in [1.807, 2.05) is 56.3 Å². The number of thiazole rings is 1. The number of benzene rings is 2. The van der Waals surface area contributed by atoms with Crippen LogP contribution in [0.4, 0.5) is 10.5 Å². The molecular formula is C21H22N2O2S. The second-order valence-corrected chi connectivity index (χ2v) is 7.69. The summed E-state index contributed by atoms with van der Waals surface area (Å²) in [5.41, 5.74) is 3.83. The lowest BCUT2D eigenvalue weighted by Gasteiger charge is -2.09. The van der Waals surface area contributed by atoms with Crippen LogP contribution >= 0.6 is 11.3 Å². The van der Waals surface area contributed by atoms with Crippen molar-refractivity contribution in [1.82, 2.24) is 4.98 Å². The number of carbonyl (C=O) groups is 1. The fraction of sp³-hybridized carbons (Fsp3) is 0.238. The molecule has 0 saturated carbocycles. The van der Waals surface area contributed by atoms with Crippen LogP contribution < -0.4 is 5.32 Å². The maximum Gasteiger partial charge on any atom is 0.411 e. The first kappa shape index (κ1) is 18.1. The van der Waals surface area contributed by atoms with Gasteiger partial charge < -0.3 is 4.74 Å². The Morgan fingerprint density at radius 2 is 1.77 bits per heavy atom. The third-order valence-corrected chi connectivity index (χ3v) is 4.79. The van der Waals surface area contributed by atoms with Crippen LogP contribution in [-0.2, 0) is 4.74 Å². The number of hydrogen-bond donors (Lipinski definition) is 1. The summed E-state index contributed by atoms with van der Waals surface area (Å²) >= 11 is 1.69. The van der Waals surface area contributed by atoms with Crippen LogP contribution in [0.2, 0.25) is 0 Å². The fourth-order valence-electron chi connectivity index (χ4n) is 2.48. The van der Waals surface area contributed by atoms with Crippen LogP contribution in [0.3, 0.4) is 0 Å². The van der Waals surface area contributed by atoms with Gasteiger partial charge in [-0.25, -0.2) is 9.78 Å². The molecule has 0 fully saturated rings. The molecule has 134 valence electrons. The molecular weight excluding hydrogens is 344 g/mol. The van der Waals surface area contributed by atoms with E-state index in [0.717, 1.165) is 21.8 Å². The molecule has 0 saturated heterocycles. The van der Waals surface area contributed by atoms with Gasteiger partial charge >= 0.3 is 6.09 Å². The van der Waals surface area contributed by atoms with Crippen molar-refractivity contribution in [3.8, 4) is 21.8 Å². The number of nitrogens with one attached hydrogen (secondary N) is 1. The lowest BCUT2D eigenvalue weighted by molar-refractivity contribution is 0.147. The Hall–Kier alpha value is -2.66. The second-order valence-electron chi connectivity index (χ2n) is 6.48. The normalized spacial score (nSPS) is 10.8. The van der Waals surface area contributed by atoms with E-state index in [4.69, 9.17) is 9.72 Å². The molecule has 1 aromatic heterocycles. The highest BCUT2D eigenvalue weighted by Crippen LogP contribution is 2.33. The Balaban J connectivity index is 1.73. The smallest absolute Gasteiger partial charge is 0.411 e. The number of ether oxygens (including phenoxy) is 1. The molecule has 26 heavy (non-hydrogen) atoms. The van der Waals surface area contributed by atoms with Crippen LogP contribution in [-0.4, -0.2) is 17.7 Å². The molecule has 5 heteroatoms. The minimum Gasteiger partial charge on any atom is -0.449 e. The largest absolute Gasteiger partial charge is 0.449 e. The maximum atomic E-state index is 11.7. The molecule has 3 aromatic rings. The van der Waals surface area contributed by atoms with Gasteiger partial charge in [-0.3, -0.25) is 5.32 Å². The zero-order chi connectivity index (χ0) is 18.5. The third-order valence-electron chi connectivity index (χ3n) is 3.77. The van der Waals surface area contributed by atoms with Gasteiger partial charge in [-0.15, -0.1) is 11.3 Å². The summed E-state index contributed by atoms with van der Waals surface area (Å²) < 4.78 is 5.13. The van der Waals surface area contributed by atoms with Crippen LogP contribution in [0.5, 0.6) is 0 Å². The van der Waals surface area contributed by atoms with Crippen molar-refractivity contribution >= 4 is 23.1 Å². The zero-order valence-electron chi connectivity index (χ0n) is 15.2. The Morgan fingerprint density at radius 3 is 2.42 bits per heavy atom. The van der Waals surface area contributed by atoms with Crippen LogP contribution in [0.25, 0.3) is 21.8 Å². The molecule has 3 rings (SSSR count). The van der Waals surface area contributed by atoms with Crippen molar-refractivity contribution in [2.45, 2.75) is 20.8 Å². The first-order chi connectivity index (χ1) is 12.5. The fourth-order valence-corrected chi connectivity index (χ4v) is 3.42. The molecule has 0 radical (unpaired) electrons. The highest BCUT2D eigenvalue weighted by atomic mass is 32.1. The third kappa shape index (κ3) is 4.49. The highest BCUT2D eigenvalue weighted by molar-refractivity contribution is 7.15. The first-order valence-corrected chi connectivity index (χ1v) is 9.41. The molecule has 1 heterocycles. The van der Waals surface area contributed by atoms with E-state index in [1.165, 1.54) is 4.88 Å². The number of nitrogens with zero attached hydrogens (tertiary/aromatic N) is 1. The summed E-state index contributed by atoms with van der Waals surface area (Å²) in [4.78, 5) is 17.7. The summed E-state index contributed by atoms with van der Waals surface area (Å²) in [5.74, 6) is 0.314. The van der Waals surface area contributed by atoms with Crippen molar-refractivity contribution in [1.29, 1.82) is 0 Å². The maximum absolute atomic E-state index is 11.7. The molecule has 1 amide bonds. The van der Waals surface area contributed by atoms with E-state index < -0.39 is 6.09 Å². The van der Waals surface area contributed by atoms with E-state index in [2.05, 4.69) is 24.4 Å². The summed E-state index contributed by atoms with van der Waals surface area (Å²) in [6, 6.07) is 17.8. The molecule has 0 atom stereocenters. The SMILES string of the molecule is Cc1sc(-c2ccccc2)nc1-c1ccc(NC(=O)OCC(C)C)cc1. The Morgan fingerprint density at radius 1 is 1.08 bits per heavy atom. The van der Waals surface area contributed by atoms with E-state index >= 15 is 0 Å². The number of anilines is 1. The molecule has 0 aliphatic rings. The van der Waals surface area contributed by atoms with Gasteiger partial charge in [0, 0.05) is 21.7 Å². The van der Waals surface area contributed by atoms with Gasteiger partial charge in [0.05, 0.1) is 12.3 Å². The number of aromatic nitrogens is 1. The minimum atomic E-state index is -0.428. The van der Waals surface area contributed by atoms with Gasteiger partial charge in [0.15, 0.2) is 0 Å². The van der Waals surface area contributed by atoms with Crippen molar-refractivity contribution in [3.05, 3.63) is 59.5 Å². The van der Waals surface area contributed by atoms with E-state index in [-0.39, 0.29) is 0 Å². The molecule has 1 N–H and O–H groups in total. The van der Waals surface area contributed by atoms with Crippen LogP contribution in [0, 0.1) is 12.8 Å². The van der Waals surface area contributed by atoms with Crippen molar-refractivity contribution < 1.29 is 9.53 Å². The lowest BCUT2D eigenvalue weighted by atomic mass is 10.1. The van der Waals surface area contributed by atoms with E-state index in [0.29, 0.717) is 18.2 Å². The van der Waals surface area contributed by atoms with Crippen LogP contribution in [0.1, 0.15) is 18.7 Å². The zero-order valence-corrected chi connectivity index (χ0v) is 16.0. The van der Waals surface area contributed by atoms with E-state index in [1.54, 1.807) is 11.3 Å². The van der Waals surface area contributed by atoms with Gasteiger partial charge in [-0.2, -0.15) is 0 Å². The molecule has 0 bridgehead atoms. The van der Waals surface area contributed by atoms with Crippen molar-refractivity contribution in [3.63, 3.8) is 0 Å². The van der Waals surface area contributed by atoms with Crippen molar-refractivity contribution in [2.75, 3.05) is 11.9 Å². The molecule has 0 spiro atoms. The number of carbonyl (C=O) groups excluding carboxylic acids is 1. The van der Waals surface area contributed by atoms with Gasteiger partial charge in [-0.05, 0) is 25.0 Å². The number of amides is 1. The summed E-state index contributed by atoms with van der Waals surface area (Å²) in [5, 5.41) is 3.75. The van der Waals surface area contributed by atoms with Gasteiger partial charge in [0.2, 0.25) is 0 Å². The topological polar surface area (TPSA) is 51.2 Å². The molecule has 0 unspecified atom stereocenters. The van der Waals surface area contributed by atoms with Crippen molar-refractivity contribution in [2.24, 2.45) is 5.92 Å². The quantitative estimate of drug-likeness (QED) is 0.603. The Bertz CT molecular complexity index is 871. The average Bonchev–Trinajstić information content (AvgIpc) is 3.03. The first-order valence-electron chi connectivity index (χ1n) is 8.60. The number of rotatable bonds is 5. The Kier molecular flexibility index (Phi) is 5.68. The monoisotopic (exact) mass is 366 g/mol. The minimum absolute atomic E-state index is 0.314. The van der Waals surface area contributed by atoms with Gasteiger partial charge in [-0.1, -0.05) is 56.3 Å². The molecule has 0 aliphatic heterocycles. The number of hydrogen-bond acceptors (Lipinski definition) is 4. The summed E-state index contributed by atoms with van der Waals surface area (Å²) in [7, 11) is 0. The standard InChI is InChI=1S/C21H22N2O2S/c1-14(2)13-25-21(24)22-18-11-9-16(10-12-18)19-15(3)26-20(23-19)17-7-5-4-6-8-17/h4-12,14H,13H2,1-3H3,(H,22,24). The summed E-state index contributed by atoms with van der Waals surface area (Å²) in [6.07, 6.45) is -0.428. The van der Waals surface area contributed by atoms with Gasteiger partial charge in [0.1, 0.15) is 5.01 Å². The number of aryl methyl sites for hydroxylation is 1. The highest BCUT2D eigenvalue weighted by Gasteiger charge is 2.12. The summed E-state index contributed by atoms with van der Waals surface area (Å²) in [6.45, 7) is 6.49. The molecule has 4 nitrogen and oxygen atoms in total. The Labute approximate surface area is 157 Å². The van der Waals surface area contributed by atoms with Gasteiger partial charge in [0.25, 0.3) is 0 Å². The lowest BCUT2D eigenvalue weighted by Crippen LogP contribution is -2.16. The van der Waals surface area contributed by atoms with Crippen LogP contribution in [0.15, 0.2) is 54.6 Å². The average molecular weight is 366 g/mol. The van der Waals surface area contributed by atoms with E-state index in [9.17, 15) is 4.79 Å². The second kappa shape index (κ2) is 8.15. The molecule has 2 aromatic carbocycles. The predicted molar refractivity (Wildman–Crippen MR) is 108 cm³/mol. The predicted octanol–water partition coefficient (Wildman–Crippen LogP) is 5.99. The molecule has 0 aliphatic carbocycles.